The smallest absolute Gasteiger partial charge is 0.253 e. The van der Waals surface area contributed by atoms with Gasteiger partial charge in [-0.2, -0.15) is 0 Å². The summed E-state index contributed by atoms with van der Waals surface area (Å²) in [5.74, 6) is 0.981. The minimum Gasteiger partial charge on any atom is -0.464 e. The van der Waals surface area contributed by atoms with Crippen LogP contribution in [0.25, 0.3) is 11.3 Å². The van der Waals surface area contributed by atoms with Crippen molar-refractivity contribution in [2.75, 3.05) is 26.2 Å². The van der Waals surface area contributed by atoms with Crippen LogP contribution in [0.2, 0.25) is 0 Å². The zero-order valence-electron chi connectivity index (χ0n) is 14.7. The van der Waals surface area contributed by atoms with Gasteiger partial charge >= 0.3 is 0 Å². The van der Waals surface area contributed by atoms with Crippen LogP contribution in [0.15, 0.2) is 47.1 Å². The van der Waals surface area contributed by atoms with Gasteiger partial charge in [-0.1, -0.05) is 31.4 Å². The molecule has 1 aliphatic heterocycles. The molecular weight excluding hydrogens is 312 g/mol. The van der Waals surface area contributed by atoms with Crippen molar-refractivity contribution in [1.29, 1.82) is 0 Å². The van der Waals surface area contributed by atoms with Crippen molar-refractivity contribution in [3.63, 3.8) is 0 Å². The molecule has 25 heavy (non-hydrogen) atoms. The van der Waals surface area contributed by atoms with Crippen molar-refractivity contribution in [3.8, 4) is 11.3 Å². The highest BCUT2D eigenvalue weighted by molar-refractivity contribution is 5.94. The van der Waals surface area contributed by atoms with Crippen molar-refractivity contribution >= 4 is 5.91 Å². The summed E-state index contributed by atoms with van der Waals surface area (Å²) in [6, 6.07) is 12.3. The first-order valence-corrected chi connectivity index (χ1v) is 9.48. The molecule has 1 saturated heterocycles. The molecule has 1 amide bonds. The van der Waals surface area contributed by atoms with E-state index in [-0.39, 0.29) is 5.91 Å². The quantitative estimate of drug-likeness (QED) is 0.847. The third-order valence-corrected chi connectivity index (χ3v) is 5.63. The molecule has 0 bridgehead atoms. The monoisotopic (exact) mass is 338 g/mol. The number of rotatable bonds is 3. The molecule has 2 aliphatic rings. The number of hydrogen-bond donors (Lipinski definition) is 0. The number of piperazine rings is 1. The fraction of sp³-hybridized carbons (Fsp3) is 0.476. The van der Waals surface area contributed by atoms with Gasteiger partial charge in [0.15, 0.2) is 0 Å². The first-order chi connectivity index (χ1) is 12.3. The van der Waals surface area contributed by atoms with Crippen LogP contribution >= 0.6 is 0 Å². The fourth-order valence-electron chi connectivity index (χ4n) is 4.14. The summed E-state index contributed by atoms with van der Waals surface area (Å²) in [5, 5.41) is 0. The summed E-state index contributed by atoms with van der Waals surface area (Å²) < 4.78 is 5.40. The van der Waals surface area contributed by atoms with Crippen molar-refractivity contribution < 1.29 is 9.21 Å². The van der Waals surface area contributed by atoms with Crippen molar-refractivity contribution in [1.82, 2.24) is 9.80 Å². The molecular formula is C21H26N2O2. The molecule has 4 nitrogen and oxygen atoms in total. The second-order valence-electron chi connectivity index (χ2n) is 7.17. The first-order valence-electron chi connectivity index (χ1n) is 9.48. The lowest BCUT2D eigenvalue weighted by Crippen LogP contribution is -2.52. The molecule has 0 spiro atoms. The molecule has 0 radical (unpaired) electrons. The predicted octanol–water partition coefficient (Wildman–Crippen LogP) is 4.04. The third kappa shape index (κ3) is 3.64. The fourth-order valence-corrected chi connectivity index (χ4v) is 4.14. The van der Waals surface area contributed by atoms with Gasteiger partial charge in [-0.05, 0) is 37.1 Å². The van der Waals surface area contributed by atoms with E-state index < -0.39 is 0 Å². The van der Waals surface area contributed by atoms with Crippen molar-refractivity contribution in [3.05, 3.63) is 48.2 Å². The van der Waals surface area contributed by atoms with Crippen LogP contribution in [0.4, 0.5) is 0 Å². The number of amides is 1. The maximum atomic E-state index is 12.8. The molecule has 2 aromatic rings. The summed E-state index contributed by atoms with van der Waals surface area (Å²) >= 11 is 0. The molecule has 2 fully saturated rings. The van der Waals surface area contributed by atoms with E-state index in [1.807, 2.05) is 41.3 Å². The van der Waals surface area contributed by atoms with Crippen molar-refractivity contribution in [2.24, 2.45) is 0 Å². The Morgan fingerprint density at radius 3 is 2.28 bits per heavy atom. The number of hydrogen-bond acceptors (Lipinski definition) is 3. The zero-order chi connectivity index (χ0) is 17.1. The number of nitrogens with zero attached hydrogens (tertiary/aromatic N) is 2. The van der Waals surface area contributed by atoms with E-state index in [2.05, 4.69) is 4.90 Å². The highest BCUT2D eigenvalue weighted by atomic mass is 16.3. The average Bonchev–Trinajstić information content (AvgIpc) is 3.23. The molecule has 4 rings (SSSR count). The van der Waals surface area contributed by atoms with Gasteiger partial charge in [-0.15, -0.1) is 0 Å². The van der Waals surface area contributed by atoms with Gasteiger partial charge in [0.25, 0.3) is 5.91 Å². The normalized spacial score (nSPS) is 19.9. The van der Waals surface area contributed by atoms with Gasteiger partial charge in [0.1, 0.15) is 5.76 Å². The summed E-state index contributed by atoms with van der Waals surface area (Å²) in [7, 11) is 0. The van der Waals surface area contributed by atoms with E-state index in [1.165, 1.54) is 32.1 Å². The Kier molecular flexibility index (Phi) is 4.88. The Bertz CT molecular complexity index is 679. The molecule has 1 aromatic carbocycles. The molecule has 132 valence electrons. The highest BCUT2D eigenvalue weighted by Gasteiger charge is 2.27. The van der Waals surface area contributed by atoms with Crippen LogP contribution in [0, 0.1) is 0 Å². The van der Waals surface area contributed by atoms with E-state index >= 15 is 0 Å². The molecule has 2 heterocycles. The molecule has 1 aliphatic carbocycles. The van der Waals surface area contributed by atoms with E-state index in [9.17, 15) is 4.79 Å². The summed E-state index contributed by atoms with van der Waals surface area (Å²) in [6.45, 7) is 3.71. The number of carbonyl (C=O) groups excluding carboxylic acids is 1. The van der Waals surface area contributed by atoms with Gasteiger partial charge < -0.3 is 9.32 Å². The van der Waals surface area contributed by atoms with Gasteiger partial charge in [0.2, 0.25) is 0 Å². The Balaban J connectivity index is 1.35. The van der Waals surface area contributed by atoms with Crippen LogP contribution in [-0.2, 0) is 0 Å². The summed E-state index contributed by atoms with van der Waals surface area (Å²) in [6.07, 6.45) is 8.46. The molecule has 0 atom stereocenters. The lowest BCUT2D eigenvalue weighted by atomic mass is 9.94. The van der Waals surface area contributed by atoms with Gasteiger partial charge in [0.05, 0.1) is 6.26 Å². The Hall–Kier alpha value is -2.07. The largest absolute Gasteiger partial charge is 0.464 e. The second kappa shape index (κ2) is 7.44. The van der Waals surface area contributed by atoms with E-state index in [4.69, 9.17) is 4.42 Å². The lowest BCUT2D eigenvalue weighted by molar-refractivity contribution is 0.0523. The first kappa shape index (κ1) is 16.4. The summed E-state index contributed by atoms with van der Waals surface area (Å²) in [5.41, 5.74) is 1.77. The second-order valence-corrected chi connectivity index (χ2v) is 7.17. The summed E-state index contributed by atoms with van der Waals surface area (Å²) in [4.78, 5) is 17.4. The van der Waals surface area contributed by atoms with Crippen molar-refractivity contribution in [2.45, 2.75) is 38.1 Å². The molecule has 0 N–H and O–H groups in total. The standard InChI is InChI=1S/C21H26N2O2/c24-21(18-10-8-17(9-11-18)20-7-4-16-25-20)23-14-12-22(13-15-23)19-5-2-1-3-6-19/h4,7-11,16,19H,1-3,5-6,12-15H2. The molecule has 1 aromatic heterocycles. The molecule has 0 unspecified atom stereocenters. The van der Waals surface area contributed by atoms with Crippen LogP contribution in [0.3, 0.4) is 0 Å². The van der Waals surface area contributed by atoms with Crippen LogP contribution in [0.1, 0.15) is 42.5 Å². The lowest BCUT2D eigenvalue weighted by Gasteiger charge is -2.40. The van der Waals surface area contributed by atoms with Crippen LogP contribution < -0.4 is 0 Å². The van der Waals surface area contributed by atoms with E-state index in [1.54, 1.807) is 6.26 Å². The topological polar surface area (TPSA) is 36.7 Å². The highest BCUT2D eigenvalue weighted by Crippen LogP contribution is 2.24. The average molecular weight is 338 g/mol. The maximum Gasteiger partial charge on any atom is 0.253 e. The Morgan fingerprint density at radius 1 is 0.920 bits per heavy atom. The maximum absolute atomic E-state index is 12.8. The minimum absolute atomic E-state index is 0.147. The SMILES string of the molecule is O=C(c1ccc(-c2ccco2)cc1)N1CCN(C2CCCCC2)CC1. The van der Waals surface area contributed by atoms with E-state index in [0.717, 1.165) is 49.1 Å². The Morgan fingerprint density at radius 2 is 1.64 bits per heavy atom. The van der Waals surface area contributed by atoms with E-state index in [0.29, 0.717) is 0 Å². The number of benzene rings is 1. The number of carbonyl (C=O) groups is 1. The Labute approximate surface area is 149 Å². The van der Waals surface area contributed by atoms with Gasteiger partial charge in [-0.3, -0.25) is 9.69 Å². The van der Waals surface area contributed by atoms with Crippen LogP contribution in [-0.4, -0.2) is 47.9 Å². The number of furan rings is 1. The molecule has 4 heteroatoms. The zero-order valence-corrected chi connectivity index (χ0v) is 14.7. The van der Waals surface area contributed by atoms with Gasteiger partial charge in [-0.25, -0.2) is 0 Å². The van der Waals surface area contributed by atoms with Gasteiger partial charge in [0, 0.05) is 43.3 Å². The molecule has 1 saturated carbocycles. The van der Waals surface area contributed by atoms with Crippen LogP contribution in [0.5, 0.6) is 0 Å². The predicted molar refractivity (Wildman–Crippen MR) is 98.5 cm³/mol. The minimum atomic E-state index is 0.147. The third-order valence-electron chi connectivity index (χ3n) is 5.63.